The molecule has 2 atom stereocenters. The van der Waals surface area contributed by atoms with Crippen LogP contribution in [0.1, 0.15) is 51.9 Å². The monoisotopic (exact) mass is 273 g/mol. The fourth-order valence-electron chi connectivity index (χ4n) is 2.26. The minimum atomic E-state index is -0.402. The normalized spacial score (nSPS) is 20.8. The summed E-state index contributed by atoms with van der Waals surface area (Å²) in [6.45, 7) is 5.65. The maximum absolute atomic E-state index is 9.75. The Labute approximate surface area is 117 Å². The van der Waals surface area contributed by atoms with Gasteiger partial charge in [-0.05, 0) is 12.8 Å². The van der Waals surface area contributed by atoms with Gasteiger partial charge in [-0.2, -0.15) is 0 Å². The first kappa shape index (κ1) is 16.9. The van der Waals surface area contributed by atoms with Crippen molar-refractivity contribution in [2.45, 2.75) is 64.0 Å². The van der Waals surface area contributed by atoms with Crippen molar-refractivity contribution in [2.24, 2.45) is 0 Å². The van der Waals surface area contributed by atoms with Gasteiger partial charge in [-0.15, -0.1) is 0 Å². The smallest absolute Gasteiger partial charge is 0.0897 e. The van der Waals surface area contributed by atoms with E-state index in [1.165, 1.54) is 32.1 Å². The third-order valence-electron chi connectivity index (χ3n) is 3.52. The Hall–Kier alpha value is -0.160. The first-order valence-corrected chi connectivity index (χ1v) is 7.90. The molecule has 0 saturated carbocycles. The average Bonchev–Trinajstić information content (AvgIpc) is 2.93. The predicted molar refractivity (Wildman–Crippen MR) is 77.4 cm³/mol. The van der Waals surface area contributed by atoms with Crippen LogP contribution >= 0.6 is 0 Å². The molecule has 1 fully saturated rings. The second-order valence-electron chi connectivity index (χ2n) is 5.47. The van der Waals surface area contributed by atoms with Gasteiger partial charge in [0.2, 0.25) is 0 Å². The van der Waals surface area contributed by atoms with E-state index in [4.69, 9.17) is 9.47 Å². The summed E-state index contributed by atoms with van der Waals surface area (Å²) in [6, 6.07) is 0.410. The van der Waals surface area contributed by atoms with Crippen LogP contribution in [0.4, 0.5) is 0 Å². The lowest BCUT2D eigenvalue weighted by Crippen LogP contribution is -2.37. The molecule has 0 bridgehead atoms. The number of ether oxygens (including phenoxy) is 2. The van der Waals surface area contributed by atoms with E-state index in [2.05, 4.69) is 12.2 Å². The van der Waals surface area contributed by atoms with E-state index in [0.717, 1.165) is 32.7 Å². The SMILES string of the molecule is CCCCCCCCOCC(O)CNC1CCOC1. The summed E-state index contributed by atoms with van der Waals surface area (Å²) in [4.78, 5) is 0. The van der Waals surface area contributed by atoms with E-state index in [0.29, 0.717) is 19.2 Å². The molecule has 19 heavy (non-hydrogen) atoms. The number of rotatable bonds is 12. The predicted octanol–water partition coefficient (Wildman–Crippen LogP) is 2.10. The molecule has 1 saturated heterocycles. The topological polar surface area (TPSA) is 50.7 Å². The van der Waals surface area contributed by atoms with Crippen LogP contribution in [0.5, 0.6) is 0 Å². The molecule has 0 radical (unpaired) electrons. The van der Waals surface area contributed by atoms with Gasteiger partial charge in [-0.3, -0.25) is 0 Å². The summed E-state index contributed by atoms with van der Waals surface area (Å²) >= 11 is 0. The van der Waals surface area contributed by atoms with Crippen LogP contribution in [0.3, 0.4) is 0 Å². The molecule has 1 heterocycles. The van der Waals surface area contributed by atoms with Gasteiger partial charge in [-0.1, -0.05) is 39.0 Å². The van der Waals surface area contributed by atoms with Crippen molar-refractivity contribution >= 4 is 0 Å². The van der Waals surface area contributed by atoms with Gasteiger partial charge in [0.15, 0.2) is 0 Å². The molecule has 2 N–H and O–H groups in total. The molecule has 114 valence electrons. The highest BCUT2D eigenvalue weighted by Gasteiger charge is 2.15. The maximum atomic E-state index is 9.75. The highest BCUT2D eigenvalue weighted by molar-refractivity contribution is 4.72. The second-order valence-corrected chi connectivity index (χ2v) is 5.47. The first-order chi connectivity index (χ1) is 9.33. The average molecular weight is 273 g/mol. The van der Waals surface area contributed by atoms with Crippen molar-refractivity contribution in [1.82, 2.24) is 5.32 Å². The van der Waals surface area contributed by atoms with E-state index >= 15 is 0 Å². The Morgan fingerprint density at radius 3 is 2.79 bits per heavy atom. The van der Waals surface area contributed by atoms with Gasteiger partial charge in [-0.25, -0.2) is 0 Å². The Bertz CT molecular complexity index is 196. The van der Waals surface area contributed by atoms with Crippen molar-refractivity contribution in [3.8, 4) is 0 Å². The molecule has 0 aromatic rings. The van der Waals surface area contributed by atoms with Gasteiger partial charge in [0.1, 0.15) is 0 Å². The zero-order chi connectivity index (χ0) is 13.8. The van der Waals surface area contributed by atoms with Gasteiger partial charge in [0, 0.05) is 25.8 Å². The second kappa shape index (κ2) is 11.6. The Morgan fingerprint density at radius 2 is 2.05 bits per heavy atom. The minimum Gasteiger partial charge on any atom is -0.389 e. The largest absolute Gasteiger partial charge is 0.389 e. The zero-order valence-corrected chi connectivity index (χ0v) is 12.4. The number of hydrogen-bond acceptors (Lipinski definition) is 4. The fourth-order valence-corrected chi connectivity index (χ4v) is 2.26. The summed E-state index contributed by atoms with van der Waals surface area (Å²) in [5, 5.41) is 13.1. The molecule has 2 unspecified atom stereocenters. The maximum Gasteiger partial charge on any atom is 0.0897 e. The van der Waals surface area contributed by atoms with Crippen LogP contribution in [0.2, 0.25) is 0 Å². The van der Waals surface area contributed by atoms with Crippen LogP contribution in [-0.4, -0.2) is 50.2 Å². The first-order valence-electron chi connectivity index (χ1n) is 7.90. The summed E-state index contributed by atoms with van der Waals surface area (Å²) in [5.74, 6) is 0. The third kappa shape index (κ3) is 9.38. The summed E-state index contributed by atoms with van der Waals surface area (Å²) in [5.41, 5.74) is 0. The van der Waals surface area contributed by atoms with Gasteiger partial charge < -0.3 is 19.9 Å². The Morgan fingerprint density at radius 1 is 1.26 bits per heavy atom. The van der Waals surface area contributed by atoms with Crippen LogP contribution in [0, 0.1) is 0 Å². The van der Waals surface area contributed by atoms with Crippen molar-refractivity contribution in [2.75, 3.05) is 33.0 Å². The number of hydrogen-bond donors (Lipinski definition) is 2. The minimum absolute atomic E-state index is 0.402. The number of aliphatic hydroxyl groups excluding tert-OH is 1. The molecule has 0 spiro atoms. The highest BCUT2D eigenvalue weighted by atomic mass is 16.5. The lowest BCUT2D eigenvalue weighted by atomic mass is 10.1. The Kier molecular flexibility index (Phi) is 10.4. The molecule has 0 aliphatic carbocycles. The molecule has 1 aliphatic heterocycles. The lowest BCUT2D eigenvalue weighted by Gasteiger charge is -2.15. The fraction of sp³-hybridized carbons (Fsp3) is 1.00. The van der Waals surface area contributed by atoms with Crippen LogP contribution in [0.25, 0.3) is 0 Å². The molecular formula is C15H31NO3. The van der Waals surface area contributed by atoms with E-state index in [9.17, 15) is 5.11 Å². The standard InChI is InChI=1S/C15H31NO3/c1-2-3-4-5-6-7-9-18-13-15(17)11-16-14-8-10-19-12-14/h14-17H,2-13H2,1H3. The van der Waals surface area contributed by atoms with E-state index < -0.39 is 6.10 Å². The zero-order valence-electron chi connectivity index (χ0n) is 12.4. The van der Waals surface area contributed by atoms with Crippen molar-refractivity contribution in [1.29, 1.82) is 0 Å². The van der Waals surface area contributed by atoms with Crippen LogP contribution < -0.4 is 5.32 Å². The third-order valence-corrected chi connectivity index (χ3v) is 3.52. The van der Waals surface area contributed by atoms with Crippen molar-refractivity contribution < 1.29 is 14.6 Å². The van der Waals surface area contributed by atoms with E-state index in [1.807, 2.05) is 0 Å². The molecule has 4 heteroatoms. The molecule has 1 aliphatic rings. The van der Waals surface area contributed by atoms with Crippen molar-refractivity contribution in [3.63, 3.8) is 0 Å². The highest BCUT2D eigenvalue weighted by Crippen LogP contribution is 2.05. The summed E-state index contributed by atoms with van der Waals surface area (Å²) < 4.78 is 10.8. The van der Waals surface area contributed by atoms with E-state index in [1.54, 1.807) is 0 Å². The number of nitrogens with one attached hydrogen (secondary N) is 1. The molecule has 0 aromatic carbocycles. The van der Waals surface area contributed by atoms with Crippen LogP contribution in [-0.2, 0) is 9.47 Å². The molecule has 1 rings (SSSR count). The number of unbranched alkanes of at least 4 members (excludes halogenated alkanes) is 5. The van der Waals surface area contributed by atoms with Crippen molar-refractivity contribution in [3.05, 3.63) is 0 Å². The molecule has 4 nitrogen and oxygen atoms in total. The molecule has 0 amide bonds. The lowest BCUT2D eigenvalue weighted by molar-refractivity contribution is 0.0339. The van der Waals surface area contributed by atoms with E-state index in [-0.39, 0.29) is 0 Å². The molecule has 0 aromatic heterocycles. The van der Waals surface area contributed by atoms with Crippen LogP contribution in [0.15, 0.2) is 0 Å². The number of aliphatic hydroxyl groups is 1. The quantitative estimate of drug-likeness (QED) is 0.535. The summed E-state index contributed by atoms with van der Waals surface area (Å²) in [6.07, 6.45) is 8.29. The van der Waals surface area contributed by atoms with Gasteiger partial charge in [0.05, 0.1) is 19.3 Å². The van der Waals surface area contributed by atoms with Gasteiger partial charge >= 0.3 is 0 Å². The Balaban J connectivity index is 1.80. The molecular weight excluding hydrogens is 242 g/mol. The van der Waals surface area contributed by atoms with Gasteiger partial charge in [0.25, 0.3) is 0 Å². The summed E-state index contributed by atoms with van der Waals surface area (Å²) in [7, 11) is 0.